The van der Waals surface area contributed by atoms with Crippen molar-refractivity contribution in [2.45, 2.75) is 25.6 Å². The molecule has 0 aromatic carbocycles. The largest absolute Gasteiger partial charge is 0.416 e. The van der Waals surface area contributed by atoms with Gasteiger partial charge in [0.25, 0.3) is 0 Å². The Labute approximate surface area is 91.1 Å². The first kappa shape index (κ1) is 11.4. The van der Waals surface area contributed by atoms with Gasteiger partial charge in [0, 0.05) is 18.0 Å². The molecule has 1 heterocycles. The average Bonchev–Trinajstić information content (AvgIpc) is 2.93. The van der Waals surface area contributed by atoms with Gasteiger partial charge in [0.15, 0.2) is 0 Å². The van der Waals surface area contributed by atoms with Gasteiger partial charge in [0.05, 0.1) is 11.7 Å². The summed E-state index contributed by atoms with van der Waals surface area (Å²) in [4.78, 5) is 3.66. The standard InChI is InChI=1S/C11H12F3NO/c1-6-4-7(6)10(16)8-5-15-3-2-9(8)11(12,13)14/h2-3,5-7,10,16H,4H2,1H3. The fraction of sp³-hybridized carbons (Fsp3) is 0.545. The van der Waals surface area contributed by atoms with Gasteiger partial charge in [-0.25, -0.2) is 0 Å². The van der Waals surface area contributed by atoms with Crippen LogP contribution in [0.25, 0.3) is 0 Å². The Morgan fingerprint density at radius 3 is 2.62 bits per heavy atom. The molecule has 5 heteroatoms. The number of nitrogens with zero attached hydrogens (tertiary/aromatic N) is 1. The monoisotopic (exact) mass is 231 g/mol. The Balaban J connectivity index is 2.33. The fourth-order valence-electron chi connectivity index (χ4n) is 1.92. The number of aromatic nitrogens is 1. The zero-order valence-electron chi connectivity index (χ0n) is 8.70. The van der Waals surface area contributed by atoms with Crippen LogP contribution in [0.3, 0.4) is 0 Å². The highest BCUT2D eigenvalue weighted by Gasteiger charge is 2.43. The number of pyridine rings is 1. The van der Waals surface area contributed by atoms with Crippen LogP contribution in [0.1, 0.15) is 30.6 Å². The molecule has 1 fully saturated rings. The molecule has 16 heavy (non-hydrogen) atoms. The van der Waals surface area contributed by atoms with E-state index in [0.29, 0.717) is 0 Å². The van der Waals surface area contributed by atoms with E-state index in [0.717, 1.165) is 24.9 Å². The lowest BCUT2D eigenvalue weighted by Gasteiger charge is -2.16. The zero-order valence-corrected chi connectivity index (χ0v) is 8.70. The van der Waals surface area contributed by atoms with Gasteiger partial charge in [0.1, 0.15) is 0 Å². The van der Waals surface area contributed by atoms with E-state index >= 15 is 0 Å². The lowest BCUT2D eigenvalue weighted by Crippen LogP contribution is -2.13. The van der Waals surface area contributed by atoms with Crippen LogP contribution in [0, 0.1) is 11.8 Å². The highest BCUT2D eigenvalue weighted by Crippen LogP contribution is 2.48. The molecule has 1 aliphatic carbocycles. The maximum Gasteiger partial charge on any atom is 0.416 e. The van der Waals surface area contributed by atoms with E-state index in [1.165, 1.54) is 0 Å². The Bertz CT molecular complexity index is 391. The van der Waals surface area contributed by atoms with Crippen LogP contribution >= 0.6 is 0 Å². The Morgan fingerprint density at radius 1 is 1.50 bits per heavy atom. The lowest BCUT2D eigenvalue weighted by molar-refractivity contribution is -0.139. The van der Waals surface area contributed by atoms with Gasteiger partial charge in [-0.15, -0.1) is 0 Å². The van der Waals surface area contributed by atoms with Crippen LogP contribution < -0.4 is 0 Å². The molecule has 0 bridgehead atoms. The highest BCUT2D eigenvalue weighted by atomic mass is 19.4. The zero-order chi connectivity index (χ0) is 11.9. The van der Waals surface area contributed by atoms with Gasteiger partial charge in [-0.1, -0.05) is 6.92 Å². The first-order chi connectivity index (χ1) is 7.41. The molecule has 0 radical (unpaired) electrons. The van der Waals surface area contributed by atoms with Crippen molar-refractivity contribution < 1.29 is 18.3 Å². The van der Waals surface area contributed by atoms with Crippen LogP contribution in [0.2, 0.25) is 0 Å². The third-order valence-electron chi connectivity index (χ3n) is 3.05. The number of alkyl halides is 3. The summed E-state index contributed by atoms with van der Waals surface area (Å²) >= 11 is 0. The maximum atomic E-state index is 12.7. The predicted octanol–water partition coefficient (Wildman–Crippen LogP) is 2.79. The lowest BCUT2D eigenvalue weighted by atomic mass is 10.0. The van der Waals surface area contributed by atoms with E-state index in [-0.39, 0.29) is 17.4 Å². The Kier molecular flexibility index (Phi) is 2.66. The second-order valence-corrected chi connectivity index (χ2v) is 4.28. The van der Waals surface area contributed by atoms with Gasteiger partial charge in [-0.2, -0.15) is 13.2 Å². The van der Waals surface area contributed by atoms with Crippen molar-refractivity contribution in [3.63, 3.8) is 0 Å². The van der Waals surface area contributed by atoms with E-state index < -0.39 is 17.8 Å². The molecule has 3 atom stereocenters. The summed E-state index contributed by atoms with van der Waals surface area (Å²) in [5.74, 6) is 0.224. The van der Waals surface area contributed by atoms with Crippen molar-refractivity contribution in [2.75, 3.05) is 0 Å². The summed E-state index contributed by atoms with van der Waals surface area (Å²) < 4.78 is 38.0. The van der Waals surface area contributed by atoms with Crippen molar-refractivity contribution in [1.82, 2.24) is 4.98 Å². The molecule has 1 N–H and O–H groups in total. The molecule has 0 spiro atoms. The number of aliphatic hydroxyl groups excluding tert-OH is 1. The quantitative estimate of drug-likeness (QED) is 0.849. The van der Waals surface area contributed by atoms with Crippen molar-refractivity contribution in [3.05, 3.63) is 29.6 Å². The minimum Gasteiger partial charge on any atom is -0.388 e. The summed E-state index contributed by atoms with van der Waals surface area (Å²) in [7, 11) is 0. The molecule has 2 rings (SSSR count). The number of aliphatic hydroxyl groups is 1. The summed E-state index contributed by atoms with van der Waals surface area (Å²) in [5, 5.41) is 9.83. The Morgan fingerprint density at radius 2 is 2.12 bits per heavy atom. The van der Waals surface area contributed by atoms with Crippen molar-refractivity contribution in [1.29, 1.82) is 0 Å². The Hall–Kier alpha value is -1.10. The number of rotatable bonds is 2. The molecular formula is C11H12F3NO. The fourth-order valence-corrected chi connectivity index (χ4v) is 1.92. The van der Waals surface area contributed by atoms with E-state index in [1.54, 1.807) is 0 Å². The van der Waals surface area contributed by atoms with Gasteiger partial charge in [-0.3, -0.25) is 4.98 Å². The SMILES string of the molecule is CC1CC1C(O)c1cnccc1C(F)(F)F. The number of halogens is 3. The third kappa shape index (κ3) is 2.04. The maximum absolute atomic E-state index is 12.7. The van der Waals surface area contributed by atoms with Crippen molar-refractivity contribution in [2.24, 2.45) is 11.8 Å². The van der Waals surface area contributed by atoms with E-state index in [4.69, 9.17) is 0 Å². The molecule has 1 aromatic rings. The average molecular weight is 231 g/mol. The molecule has 1 saturated carbocycles. The summed E-state index contributed by atoms with van der Waals surface area (Å²) in [5.41, 5.74) is -0.890. The normalized spacial score (nSPS) is 26.6. The topological polar surface area (TPSA) is 33.1 Å². The van der Waals surface area contributed by atoms with Gasteiger partial charge < -0.3 is 5.11 Å². The summed E-state index contributed by atoms with van der Waals surface area (Å²) in [6.45, 7) is 1.91. The second-order valence-electron chi connectivity index (χ2n) is 4.28. The van der Waals surface area contributed by atoms with E-state index in [1.807, 2.05) is 6.92 Å². The first-order valence-electron chi connectivity index (χ1n) is 5.10. The van der Waals surface area contributed by atoms with Crippen LogP contribution in [-0.4, -0.2) is 10.1 Å². The minimum absolute atomic E-state index is 0.0645. The van der Waals surface area contributed by atoms with Gasteiger partial charge in [-0.05, 0) is 24.3 Å². The molecule has 1 aromatic heterocycles. The summed E-state index contributed by atoms with van der Waals surface area (Å²) in [6.07, 6.45) is -2.51. The molecule has 2 nitrogen and oxygen atoms in total. The van der Waals surface area contributed by atoms with Crippen LogP contribution in [-0.2, 0) is 6.18 Å². The number of hydrogen-bond donors (Lipinski definition) is 1. The van der Waals surface area contributed by atoms with Crippen LogP contribution in [0.5, 0.6) is 0 Å². The molecule has 3 unspecified atom stereocenters. The minimum atomic E-state index is -4.43. The molecular weight excluding hydrogens is 219 g/mol. The van der Waals surface area contributed by atoms with E-state index in [9.17, 15) is 18.3 Å². The van der Waals surface area contributed by atoms with Gasteiger partial charge in [0.2, 0.25) is 0 Å². The van der Waals surface area contributed by atoms with Gasteiger partial charge >= 0.3 is 6.18 Å². The molecule has 0 aliphatic heterocycles. The van der Waals surface area contributed by atoms with Crippen molar-refractivity contribution in [3.8, 4) is 0 Å². The van der Waals surface area contributed by atoms with Crippen LogP contribution in [0.4, 0.5) is 13.2 Å². The number of hydrogen-bond acceptors (Lipinski definition) is 2. The van der Waals surface area contributed by atoms with Crippen LogP contribution in [0.15, 0.2) is 18.5 Å². The first-order valence-corrected chi connectivity index (χ1v) is 5.10. The van der Waals surface area contributed by atoms with E-state index in [2.05, 4.69) is 4.98 Å². The smallest absolute Gasteiger partial charge is 0.388 e. The molecule has 1 aliphatic rings. The second kappa shape index (κ2) is 3.73. The third-order valence-corrected chi connectivity index (χ3v) is 3.05. The molecule has 0 amide bonds. The predicted molar refractivity (Wildman–Crippen MR) is 51.5 cm³/mol. The molecule has 0 saturated heterocycles. The summed E-state index contributed by atoms with van der Waals surface area (Å²) in [6, 6.07) is 0.908. The molecule has 88 valence electrons. The highest BCUT2D eigenvalue weighted by molar-refractivity contribution is 5.29. The van der Waals surface area contributed by atoms with Crippen molar-refractivity contribution >= 4 is 0 Å².